The summed E-state index contributed by atoms with van der Waals surface area (Å²) in [6.45, 7) is 3.75. The highest BCUT2D eigenvalue weighted by Gasteiger charge is 1.95. The Kier molecular flexibility index (Phi) is 3.22. The molecule has 0 atom stereocenters. The van der Waals surface area contributed by atoms with E-state index in [-0.39, 0.29) is 0 Å². The molecule has 0 fully saturated rings. The number of rotatable bonds is 2. The van der Waals surface area contributed by atoms with Gasteiger partial charge in [0.1, 0.15) is 0 Å². The van der Waals surface area contributed by atoms with Crippen LogP contribution < -0.4 is 0 Å². The van der Waals surface area contributed by atoms with Gasteiger partial charge in [0.25, 0.3) is 0 Å². The Labute approximate surface area is 77.1 Å². The van der Waals surface area contributed by atoms with Crippen molar-refractivity contribution in [2.45, 2.75) is 12.8 Å². The Morgan fingerprint density at radius 2 is 1.64 bits per heavy atom. The van der Waals surface area contributed by atoms with Crippen LogP contribution in [0.1, 0.15) is 12.0 Å². The number of benzene rings is 1. The fourth-order valence-electron chi connectivity index (χ4n) is 0.959. The second-order valence-corrected chi connectivity index (χ2v) is 3.25. The molecule has 1 aromatic carbocycles. The van der Waals surface area contributed by atoms with Crippen LogP contribution in [0.3, 0.4) is 0 Å². The SMILES string of the molecule is [CH2]CCc1cc(Cl)cc(Cl)c1. The van der Waals surface area contributed by atoms with Crippen LogP contribution in [0.2, 0.25) is 10.0 Å². The quantitative estimate of drug-likeness (QED) is 0.662. The number of hydrogen-bond acceptors (Lipinski definition) is 0. The summed E-state index contributed by atoms with van der Waals surface area (Å²) in [5, 5.41) is 1.39. The van der Waals surface area contributed by atoms with Crippen LogP contribution in [0.5, 0.6) is 0 Å². The summed E-state index contributed by atoms with van der Waals surface area (Å²) in [6, 6.07) is 5.56. The Morgan fingerprint density at radius 1 is 1.09 bits per heavy atom. The molecule has 0 saturated heterocycles. The minimum Gasteiger partial charge on any atom is -0.0843 e. The van der Waals surface area contributed by atoms with E-state index < -0.39 is 0 Å². The molecule has 0 bridgehead atoms. The van der Waals surface area contributed by atoms with E-state index in [0.717, 1.165) is 18.4 Å². The molecule has 1 radical (unpaired) electrons. The maximum atomic E-state index is 5.78. The highest BCUT2D eigenvalue weighted by Crippen LogP contribution is 2.19. The van der Waals surface area contributed by atoms with E-state index in [9.17, 15) is 0 Å². The van der Waals surface area contributed by atoms with Gasteiger partial charge >= 0.3 is 0 Å². The van der Waals surface area contributed by atoms with Crippen LogP contribution in [-0.4, -0.2) is 0 Å². The summed E-state index contributed by atoms with van der Waals surface area (Å²) in [5.41, 5.74) is 1.15. The van der Waals surface area contributed by atoms with Crippen molar-refractivity contribution in [3.05, 3.63) is 40.7 Å². The second kappa shape index (κ2) is 3.99. The van der Waals surface area contributed by atoms with Gasteiger partial charge in [-0.1, -0.05) is 30.1 Å². The lowest BCUT2D eigenvalue weighted by Crippen LogP contribution is -1.82. The Morgan fingerprint density at radius 3 is 2.09 bits per heavy atom. The van der Waals surface area contributed by atoms with Gasteiger partial charge in [0.15, 0.2) is 0 Å². The molecule has 0 amide bonds. The number of hydrogen-bond donors (Lipinski definition) is 0. The van der Waals surface area contributed by atoms with Crippen molar-refractivity contribution in [3.8, 4) is 0 Å². The third kappa shape index (κ3) is 2.72. The van der Waals surface area contributed by atoms with E-state index in [2.05, 4.69) is 6.92 Å². The predicted molar refractivity (Wildman–Crippen MR) is 50.1 cm³/mol. The van der Waals surface area contributed by atoms with Crippen molar-refractivity contribution in [2.24, 2.45) is 0 Å². The lowest BCUT2D eigenvalue weighted by Gasteiger charge is -1.99. The second-order valence-electron chi connectivity index (χ2n) is 2.38. The van der Waals surface area contributed by atoms with Gasteiger partial charge in [0.05, 0.1) is 0 Å². The zero-order chi connectivity index (χ0) is 8.27. The third-order valence-corrected chi connectivity index (χ3v) is 1.82. The van der Waals surface area contributed by atoms with Gasteiger partial charge in [0, 0.05) is 10.0 Å². The molecule has 0 N–H and O–H groups in total. The lowest BCUT2D eigenvalue weighted by atomic mass is 10.1. The Balaban J connectivity index is 2.89. The summed E-state index contributed by atoms with van der Waals surface area (Å²) in [7, 11) is 0. The van der Waals surface area contributed by atoms with E-state index in [0.29, 0.717) is 10.0 Å². The minimum atomic E-state index is 0.695. The van der Waals surface area contributed by atoms with Crippen LogP contribution in [0, 0.1) is 6.92 Å². The van der Waals surface area contributed by atoms with Gasteiger partial charge in [-0.05, 0) is 36.6 Å². The molecule has 0 unspecified atom stereocenters. The number of halogens is 2. The number of aryl methyl sites for hydroxylation is 1. The van der Waals surface area contributed by atoms with Crippen molar-refractivity contribution in [3.63, 3.8) is 0 Å². The monoisotopic (exact) mass is 187 g/mol. The van der Waals surface area contributed by atoms with E-state index >= 15 is 0 Å². The Hall–Kier alpha value is -0.200. The molecule has 0 aromatic heterocycles. The molecule has 0 heterocycles. The molecular formula is C9H9Cl2. The molecule has 59 valence electrons. The van der Waals surface area contributed by atoms with Crippen LogP contribution >= 0.6 is 23.2 Å². The predicted octanol–water partition coefficient (Wildman–Crippen LogP) is 3.76. The highest BCUT2D eigenvalue weighted by atomic mass is 35.5. The maximum Gasteiger partial charge on any atom is 0.0423 e. The van der Waals surface area contributed by atoms with Crippen LogP contribution in [0.25, 0.3) is 0 Å². The van der Waals surface area contributed by atoms with Gasteiger partial charge in [0.2, 0.25) is 0 Å². The van der Waals surface area contributed by atoms with Crippen molar-refractivity contribution >= 4 is 23.2 Å². The highest BCUT2D eigenvalue weighted by molar-refractivity contribution is 6.34. The minimum absolute atomic E-state index is 0.695. The van der Waals surface area contributed by atoms with Gasteiger partial charge in [-0.25, -0.2) is 0 Å². The van der Waals surface area contributed by atoms with E-state index in [4.69, 9.17) is 23.2 Å². The smallest absolute Gasteiger partial charge is 0.0423 e. The molecule has 0 aliphatic heterocycles. The molecule has 0 aliphatic rings. The fraction of sp³-hybridized carbons (Fsp3) is 0.222. The third-order valence-electron chi connectivity index (χ3n) is 1.39. The zero-order valence-corrected chi connectivity index (χ0v) is 7.62. The molecular weight excluding hydrogens is 179 g/mol. The van der Waals surface area contributed by atoms with Gasteiger partial charge in [-0.15, -0.1) is 0 Å². The van der Waals surface area contributed by atoms with E-state index in [1.165, 1.54) is 0 Å². The largest absolute Gasteiger partial charge is 0.0843 e. The average molecular weight is 188 g/mol. The van der Waals surface area contributed by atoms with Crippen molar-refractivity contribution < 1.29 is 0 Å². The first-order chi connectivity index (χ1) is 5.22. The zero-order valence-electron chi connectivity index (χ0n) is 6.11. The molecule has 2 heteroatoms. The van der Waals surface area contributed by atoms with Crippen LogP contribution in [0.15, 0.2) is 18.2 Å². The van der Waals surface area contributed by atoms with Crippen molar-refractivity contribution in [1.82, 2.24) is 0 Å². The first-order valence-electron chi connectivity index (χ1n) is 3.46. The molecule has 0 spiro atoms. The molecule has 0 nitrogen and oxygen atoms in total. The molecule has 0 saturated carbocycles. The summed E-state index contributed by atoms with van der Waals surface area (Å²) >= 11 is 11.6. The van der Waals surface area contributed by atoms with Crippen LogP contribution in [-0.2, 0) is 6.42 Å². The molecule has 1 aromatic rings. The summed E-state index contributed by atoms with van der Waals surface area (Å²) in [4.78, 5) is 0. The first kappa shape index (κ1) is 8.89. The Bertz CT molecular complexity index is 223. The summed E-state index contributed by atoms with van der Waals surface area (Å²) in [5.74, 6) is 0. The normalized spacial score (nSPS) is 10.1. The van der Waals surface area contributed by atoms with Gasteiger partial charge < -0.3 is 0 Å². The van der Waals surface area contributed by atoms with E-state index in [1.807, 2.05) is 12.1 Å². The molecule has 0 aliphatic carbocycles. The maximum absolute atomic E-state index is 5.78. The lowest BCUT2D eigenvalue weighted by molar-refractivity contribution is 1.000. The summed E-state index contributed by atoms with van der Waals surface area (Å²) < 4.78 is 0. The standard InChI is InChI=1S/C9H9Cl2/c1-2-3-7-4-8(10)6-9(11)5-7/h4-6H,1-3H2. The van der Waals surface area contributed by atoms with Gasteiger partial charge in [-0.3, -0.25) is 0 Å². The topological polar surface area (TPSA) is 0 Å². The van der Waals surface area contributed by atoms with Crippen molar-refractivity contribution in [1.29, 1.82) is 0 Å². The molecule has 11 heavy (non-hydrogen) atoms. The average Bonchev–Trinajstić information content (AvgIpc) is 1.85. The van der Waals surface area contributed by atoms with Gasteiger partial charge in [-0.2, -0.15) is 0 Å². The first-order valence-corrected chi connectivity index (χ1v) is 4.22. The molecule has 1 rings (SSSR count). The summed E-state index contributed by atoms with van der Waals surface area (Å²) in [6.07, 6.45) is 1.80. The fourth-order valence-corrected chi connectivity index (χ4v) is 1.53. The van der Waals surface area contributed by atoms with E-state index in [1.54, 1.807) is 6.07 Å². The van der Waals surface area contributed by atoms with Crippen molar-refractivity contribution in [2.75, 3.05) is 0 Å². The van der Waals surface area contributed by atoms with Crippen LogP contribution in [0.4, 0.5) is 0 Å².